The zero-order valence-electron chi connectivity index (χ0n) is 15.4. The highest BCUT2D eigenvalue weighted by Gasteiger charge is 2.30. The Morgan fingerprint density at radius 1 is 1.24 bits per heavy atom. The van der Waals surface area contributed by atoms with Gasteiger partial charge in [-0.1, -0.05) is 12.1 Å². The molecule has 3 heterocycles. The first kappa shape index (κ1) is 19.0. The van der Waals surface area contributed by atoms with Gasteiger partial charge < -0.3 is 15.7 Å². The van der Waals surface area contributed by atoms with E-state index in [1.807, 2.05) is 12.1 Å². The quantitative estimate of drug-likeness (QED) is 0.623. The van der Waals surface area contributed by atoms with Crippen molar-refractivity contribution < 1.29 is 18.0 Å². The van der Waals surface area contributed by atoms with E-state index in [2.05, 4.69) is 25.8 Å². The number of carbonyl (C=O) groups excluding carboxylic acids is 1. The monoisotopic (exact) mass is 401 g/mol. The fraction of sp³-hybridized carbons (Fsp3) is 0.250. The Kier molecular flexibility index (Phi) is 4.73. The Balaban J connectivity index is 1.52. The Morgan fingerprint density at radius 3 is 2.79 bits per heavy atom. The largest absolute Gasteiger partial charge is 0.416 e. The lowest BCUT2D eigenvalue weighted by Crippen LogP contribution is -2.27. The number of H-pyrrole nitrogens is 1. The minimum atomic E-state index is -4.43. The number of aromatic nitrogens is 2. The minimum Gasteiger partial charge on any atom is -0.344 e. The van der Waals surface area contributed by atoms with Gasteiger partial charge >= 0.3 is 6.18 Å². The zero-order chi connectivity index (χ0) is 20.6. The maximum atomic E-state index is 12.9. The molecule has 0 bridgehead atoms. The van der Waals surface area contributed by atoms with Crippen LogP contribution in [0.15, 0.2) is 47.6 Å². The van der Waals surface area contributed by atoms with E-state index in [0.29, 0.717) is 23.4 Å². The van der Waals surface area contributed by atoms with Crippen molar-refractivity contribution in [2.45, 2.75) is 25.1 Å². The van der Waals surface area contributed by atoms with Gasteiger partial charge in [-0.3, -0.25) is 4.79 Å². The average molecular weight is 401 g/mol. The molecule has 1 amide bonds. The van der Waals surface area contributed by atoms with E-state index < -0.39 is 23.7 Å². The molecule has 29 heavy (non-hydrogen) atoms. The topological polar surface area (TPSA) is 82.2 Å². The van der Waals surface area contributed by atoms with Crippen molar-refractivity contribution in [1.29, 1.82) is 0 Å². The summed E-state index contributed by atoms with van der Waals surface area (Å²) in [5.74, 6) is -0.348. The summed E-state index contributed by atoms with van der Waals surface area (Å²) in [5, 5.41) is 7.47. The first-order valence-electron chi connectivity index (χ1n) is 9.05. The van der Waals surface area contributed by atoms with Gasteiger partial charge in [-0.2, -0.15) is 18.3 Å². The predicted molar refractivity (Wildman–Crippen MR) is 103 cm³/mol. The molecule has 3 N–H and O–H groups in total. The van der Waals surface area contributed by atoms with Crippen LogP contribution in [0.1, 0.15) is 46.2 Å². The standard InChI is InChI=1S/C20H18F3N5O/c1-11(12-3-2-4-15(7-12)20(21,22)23)26-19(29)17-8-13-5-6-16(27-18(13)28-17)14-9-24-25-10-14/h2-9,11,14,25H,10H2,1H3,(H,26,29)(H,27,28)/t11-,14?/m1/s1. The number of hydrogen-bond acceptors (Lipinski definition) is 4. The number of carbonyl (C=O) groups is 1. The van der Waals surface area contributed by atoms with Gasteiger partial charge in [0, 0.05) is 18.1 Å². The molecule has 0 radical (unpaired) electrons. The molecule has 150 valence electrons. The van der Waals surface area contributed by atoms with Crippen LogP contribution in [0, 0.1) is 0 Å². The molecule has 0 saturated carbocycles. The summed E-state index contributed by atoms with van der Waals surface area (Å²) in [6.45, 7) is 2.31. The summed E-state index contributed by atoms with van der Waals surface area (Å²) in [6, 6.07) is 9.75. The molecule has 9 heteroatoms. The van der Waals surface area contributed by atoms with Crippen molar-refractivity contribution in [3.63, 3.8) is 0 Å². The van der Waals surface area contributed by atoms with Gasteiger partial charge in [-0.25, -0.2) is 4.98 Å². The molecular weight excluding hydrogens is 383 g/mol. The van der Waals surface area contributed by atoms with E-state index in [1.54, 1.807) is 25.3 Å². The van der Waals surface area contributed by atoms with Crippen LogP contribution in [-0.2, 0) is 6.18 Å². The van der Waals surface area contributed by atoms with Crippen molar-refractivity contribution in [3.05, 3.63) is 65.0 Å². The first-order valence-corrected chi connectivity index (χ1v) is 9.05. The highest BCUT2D eigenvalue weighted by Crippen LogP contribution is 2.30. The van der Waals surface area contributed by atoms with E-state index in [0.717, 1.165) is 23.2 Å². The number of hydrogen-bond donors (Lipinski definition) is 3. The Bertz CT molecular complexity index is 1090. The first-order chi connectivity index (χ1) is 13.8. The maximum Gasteiger partial charge on any atom is 0.416 e. The summed E-state index contributed by atoms with van der Waals surface area (Å²) in [7, 11) is 0. The predicted octanol–water partition coefficient (Wildman–Crippen LogP) is 3.75. The van der Waals surface area contributed by atoms with Gasteiger partial charge in [0.05, 0.1) is 23.2 Å². The fourth-order valence-corrected chi connectivity index (χ4v) is 3.22. The molecule has 2 aromatic heterocycles. The number of hydrazone groups is 1. The SMILES string of the molecule is C[C@@H](NC(=O)c1cc2ccc(C3C=NNC3)nc2[nH]1)c1cccc(C(F)(F)F)c1. The number of alkyl halides is 3. The normalized spacial score (nSPS) is 17.3. The Hall–Kier alpha value is -3.36. The number of nitrogens with one attached hydrogen (secondary N) is 3. The van der Waals surface area contributed by atoms with Crippen LogP contribution >= 0.6 is 0 Å². The highest BCUT2D eigenvalue weighted by atomic mass is 19.4. The summed E-state index contributed by atoms with van der Waals surface area (Å²) in [6.07, 6.45) is -2.65. The summed E-state index contributed by atoms with van der Waals surface area (Å²) in [4.78, 5) is 20.1. The van der Waals surface area contributed by atoms with Gasteiger partial charge in [0.25, 0.3) is 5.91 Å². The lowest BCUT2D eigenvalue weighted by atomic mass is 10.0. The third kappa shape index (κ3) is 3.94. The smallest absolute Gasteiger partial charge is 0.344 e. The molecule has 1 aliphatic heterocycles. The Morgan fingerprint density at radius 2 is 2.07 bits per heavy atom. The summed E-state index contributed by atoms with van der Waals surface area (Å²) >= 11 is 0. The molecule has 0 fully saturated rings. The van der Waals surface area contributed by atoms with Crippen LogP contribution in [0.4, 0.5) is 13.2 Å². The van der Waals surface area contributed by atoms with Crippen LogP contribution in [0.25, 0.3) is 11.0 Å². The Labute approximate surface area is 164 Å². The highest BCUT2D eigenvalue weighted by molar-refractivity contribution is 5.97. The molecule has 3 aromatic rings. The van der Waals surface area contributed by atoms with Gasteiger partial charge in [0.15, 0.2) is 0 Å². The second kappa shape index (κ2) is 7.23. The number of benzene rings is 1. The molecule has 0 spiro atoms. The van der Waals surface area contributed by atoms with Gasteiger partial charge in [-0.15, -0.1) is 0 Å². The third-order valence-corrected chi connectivity index (χ3v) is 4.84. The van der Waals surface area contributed by atoms with E-state index in [4.69, 9.17) is 0 Å². The number of rotatable bonds is 4. The van der Waals surface area contributed by atoms with Crippen LogP contribution in [0.5, 0.6) is 0 Å². The van der Waals surface area contributed by atoms with Crippen molar-refractivity contribution >= 4 is 23.2 Å². The fourth-order valence-electron chi connectivity index (χ4n) is 3.22. The van der Waals surface area contributed by atoms with Crippen molar-refractivity contribution in [2.24, 2.45) is 5.10 Å². The van der Waals surface area contributed by atoms with Gasteiger partial charge in [0.2, 0.25) is 0 Å². The van der Waals surface area contributed by atoms with Crippen LogP contribution < -0.4 is 10.7 Å². The molecule has 2 atom stereocenters. The van der Waals surface area contributed by atoms with Gasteiger partial charge in [0.1, 0.15) is 11.3 Å². The van der Waals surface area contributed by atoms with Gasteiger partial charge in [-0.05, 0) is 42.8 Å². The number of amides is 1. The molecule has 1 aliphatic rings. The van der Waals surface area contributed by atoms with Crippen LogP contribution in [0.2, 0.25) is 0 Å². The molecule has 0 saturated heterocycles. The molecule has 1 unspecified atom stereocenters. The molecule has 4 rings (SSSR count). The van der Waals surface area contributed by atoms with E-state index >= 15 is 0 Å². The second-order valence-electron chi connectivity index (χ2n) is 6.92. The molecule has 0 aliphatic carbocycles. The number of nitrogens with zero attached hydrogens (tertiary/aromatic N) is 2. The lowest BCUT2D eigenvalue weighted by Gasteiger charge is -2.15. The van der Waals surface area contributed by atoms with Crippen molar-refractivity contribution in [3.8, 4) is 0 Å². The van der Waals surface area contributed by atoms with E-state index in [9.17, 15) is 18.0 Å². The molecule has 1 aromatic carbocycles. The summed E-state index contributed by atoms with van der Waals surface area (Å²) in [5.41, 5.74) is 4.20. The minimum absolute atomic E-state index is 0.0703. The van der Waals surface area contributed by atoms with Crippen LogP contribution in [0.3, 0.4) is 0 Å². The number of pyridine rings is 1. The molecular formula is C20H18F3N5O. The number of aromatic amines is 1. The molecule has 6 nitrogen and oxygen atoms in total. The maximum absolute atomic E-state index is 12.9. The van der Waals surface area contributed by atoms with E-state index in [1.165, 1.54) is 6.07 Å². The summed E-state index contributed by atoms with van der Waals surface area (Å²) < 4.78 is 38.7. The van der Waals surface area contributed by atoms with E-state index in [-0.39, 0.29) is 5.92 Å². The second-order valence-corrected chi connectivity index (χ2v) is 6.92. The van der Waals surface area contributed by atoms with Crippen LogP contribution in [-0.4, -0.2) is 28.6 Å². The number of halogens is 3. The van der Waals surface area contributed by atoms with Crippen molar-refractivity contribution in [2.75, 3.05) is 6.54 Å². The van der Waals surface area contributed by atoms with Crippen molar-refractivity contribution in [1.82, 2.24) is 20.7 Å². The average Bonchev–Trinajstić information content (AvgIpc) is 3.36. The number of fused-ring (bicyclic) bond motifs is 1. The third-order valence-electron chi connectivity index (χ3n) is 4.84. The lowest BCUT2D eigenvalue weighted by molar-refractivity contribution is -0.137. The zero-order valence-corrected chi connectivity index (χ0v) is 15.4.